The number of hydrogen-bond donors (Lipinski definition) is 2. The molecule has 2 aromatic carbocycles. The van der Waals surface area contributed by atoms with Crippen molar-refractivity contribution in [3.63, 3.8) is 0 Å². The van der Waals surface area contributed by atoms with E-state index >= 15 is 0 Å². The van der Waals surface area contributed by atoms with Crippen LogP contribution in [0, 0.1) is 0 Å². The third kappa shape index (κ3) is 5.24. The number of H-pyrrole nitrogens is 1. The summed E-state index contributed by atoms with van der Waals surface area (Å²) in [5, 5.41) is 3.60. The fraction of sp³-hybridized carbons (Fsp3) is 0.0769. The first-order chi connectivity index (χ1) is 16.7. The van der Waals surface area contributed by atoms with Crippen molar-refractivity contribution in [3.05, 3.63) is 91.4 Å². The van der Waals surface area contributed by atoms with Gasteiger partial charge in [-0.3, -0.25) is 4.79 Å². The molecular weight excluding hydrogens is 450 g/mol. The van der Waals surface area contributed by atoms with Gasteiger partial charge in [-0.2, -0.15) is 0 Å². The van der Waals surface area contributed by atoms with Crippen LogP contribution >= 0.6 is 11.8 Å². The number of ether oxygens (including phenoxy) is 1. The highest BCUT2D eigenvalue weighted by Gasteiger charge is 2.18. The van der Waals surface area contributed by atoms with E-state index in [1.54, 1.807) is 12.5 Å². The van der Waals surface area contributed by atoms with Crippen LogP contribution in [0.2, 0.25) is 0 Å². The number of nitrogens with zero attached hydrogens (tertiary/aromatic N) is 1. The van der Waals surface area contributed by atoms with Crippen LogP contribution in [0.25, 0.3) is 22.9 Å². The Morgan fingerprint density at radius 2 is 1.59 bits per heavy atom. The first kappa shape index (κ1) is 21.7. The number of amides is 1. The fourth-order valence-corrected chi connectivity index (χ4v) is 4.12. The molecule has 170 valence electrons. The van der Waals surface area contributed by atoms with Crippen molar-refractivity contribution >= 4 is 23.4 Å². The molecule has 8 heteroatoms. The number of carbonyl (C=O) groups is 1. The number of nitrogens with one attached hydrogen (secondary N) is 2. The van der Waals surface area contributed by atoms with Gasteiger partial charge in [0.1, 0.15) is 22.9 Å². The molecule has 0 aliphatic rings. The standard InChI is InChI=1S/C26H21N3O4S/c30-23(27-18-10-12-20(13-11-18)33-19-6-2-1-3-7-19)14-17-34-26-28-24(21-8-4-15-31-21)25(29-26)22-9-5-16-32-22/h1-13,15-16H,14,17H2,(H,27,30)(H,28,29). The molecule has 0 saturated heterocycles. The molecule has 0 aliphatic carbocycles. The Labute approximate surface area is 200 Å². The molecule has 0 aliphatic heterocycles. The zero-order valence-corrected chi connectivity index (χ0v) is 18.9. The van der Waals surface area contributed by atoms with Gasteiger partial charge in [0.15, 0.2) is 16.7 Å². The number of anilines is 1. The quantitative estimate of drug-likeness (QED) is 0.229. The van der Waals surface area contributed by atoms with Crippen LogP contribution in [0.4, 0.5) is 5.69 Å². The van der Waals surface area contributed by atoms with Crippen molar-refractivity contribution in [2.45, 2.75) is 11.6 Å². The number of carbonyl (C=O) groups excluding carboxylic acids is 1. The van der Waals surface area contributed by atoms with Crippen molar-refractivity contribution in [2.24, 2.45) is 0 Å². The summed E-state index contributed by atoms with van der Waals surface area (Å²) in [6, 6.07) is 24.2. The summed E-state index contributed by atoms with van der Waals surface area (Å²) in [4.78, 5) is 20.3. The third-order valence-corrected chi connectivity index (χ3v) is 5.76. The maximum Gasteiger partial charge on any atom is 0.225 e. The molecule has 2 N–H and O–H groups in total. The molecule has 3 aromatic heterocycles. The molecule has 0 bridgehead atoms. The molecule has 0 spiro atoms. The lowest BCUT2D eigenvalue weighted by Gasteiger charge is -2.08. The van der Waals surface area contributed by atoms with E-state index in [0.717, 1.165) is 11.4 Å². The zero-order valence-electron chi connectivity index (χ0n) is 18.1. The number of aromatic amines is 1. The average molecular weight is 472 g/mol. The molecule has 0 radical (unpaired) electrons. The summed E-state index contributed by atoms with van der Waals surface area (Å²) in [7, 11) is 0. The summed E-state index contributed by atoms with van der Waals surface area (Å²) < 4.78 is 16.8. The Hall–Kier alpha value is -4.17. The topological polar surface area (TPSA) is 93.3 Å². The minimum absolute atomic E-state index is 0.0756. The lowest BCUT2D eigenvalue weighted by molar-refractivity contribution is -0.115. The summed E-state index contributed by atoms with van der Waals surface area (Å²) in [6.07, 6.45) is 3.55. The molecule has 0 atom stereocenters. The summed E-state index contributed by atoms with van der Waals surface area (Å²) in [5.74, 6) is 3.27. The summed E-state index contributed by atoms with van der Waals surface area (Å²) >= 11 is 1.46. The Balaban J connectivity index is 1.16. The van der Waals surface area contributed by atoms with E-state index in [4.69, 9.17) is 13.6 Å². The van der Waals surface area contributed by atoms with Crippen molar-refractivity contribution < 1.29 is 18.4 Å². The van der Waals surface area contributed by atoms with Crippen molar-refractivity contribution in [2.75, 3.05) is 11.1 Å². The van der Waals surface area contributed by atoms with E-state index in [-0.39, 0.29) is 5.91 Å². The van der Waals surface area contributed by atoms with Crippen LogP contribution in [-0.4, -0.2) is 21.6 Å². The smallest absolute Gasteiger partial charge is 0.225 e. The largest absolute Gasteiger partial charge is 0.463 e. The van der Waals surface area contributed by atoms with Crippen LogP contribution in [0.5, 0.6) is 11.5 Å². The number of aromatic nitrogens is 2. The van der Waals surface area contributed by atoms with E-state index in [0.29, 0.717) is 46.0 Å². The number of benzene rings is 2. The predicted octanol–water partition coefficient (Wildman–Crippen LogP) is 6.84. The molecule has 34 heavy (non-hydrogen) atoms. The highest BCUT2D eigenvalue weighted by molar-refractivity contribution is 7.99. The first-order valence-corrected chi connectivity index (χ1v) is 11.7. The lowest BCUT2D eigenvalue weighted by Crippen LogP contribution is -2.12. The molecule has 7 nitrogen and oxygen atoms in total. The van der Waals surface area contributed by atoms with Gasteiger partial charge in [0, 0.05) is 17.9 Å². The van der Waals surface area contributed by atoms with E-state index in [1.165, 1.54) is 11.8 Å². The minimum Gasteiger partial charge on any atom is -0.463 e. The number of hydrogen-bond acceptors (Lipinski definition) is 6. The van der Waals surface area contributed by atoms with Crippen LogP contribution < -0.4 is 10.1 Å². The molecule has 0 fully saturated rings. The maximum atomic E-state index is 12.4. The Bertz CT molecular complexity index is 1280. The van der Waals surface area contributed by atoms with E-state index < -0.39 is 0 Å². The average Bonchev–Trinajstić information content (AvgIpc) is 3.62. The zero-order chi connectivity index (χ0) is 23.2. The van der Waals surface area contributed by atoms with Crippen LogP contribution in [0.1, 0.15) is 6.42 Å². The van der Waals surface area contributed by atoms with Gasteiger partial charge in [0.2, 0.25) is 5.91 Å². The van der Waals surface area contributed by atoms with E-state index in [1.807, 2.05) is 78.9 Å². The lowest BCUT2D eigenvalue weighted by atomic mass is 10.2. The molecule has 3 heterocycles. The van der Waals surface area contributed by atoms with Crippen molar-refractivity contribution in [3.8, 4) is 34.4 Å². The van der Waals surface area contributed by atoms with Gasteiger partial charge < -0.3 is 23.9 Å². The van der Waals surface area contributed by atoms with Gasteiger partial charge in [0.25, 0.3) is 0 Å². The Morgan fingerprint density at radius 1 is 0.882 bits per heavy atom. The second-order valence-corrected chi connectivity index (χ2v) is 8.39. The maximum absolute atomic E-state index is 12.4. The van der Waals surface area contributed by atoms with Gasteiger partial charge in [0.05, 0.1) is 12.5 Å². The van der Waals surface area contributed by atoms with Gasteiger partial charge in [-0.25, -0.2) is 4.98 Å². The molecular formula is C26H21N3O4S. The van der Waals surface area contributed by atoms with E-state index in [9.17, 15) is 4.79 Å². The van der Waals surface area contributed by atoms with Gasteiger partial charge in [-0.15, -0.1) is 0 Å². The van der Waals surface area contributed by atoms with E-state index in [2.05, 4.69) is 15.3 Å². The molecule has 0 unspecified atom stereocenters. The van der Waals surface area contributed by atoms with Gasteiger partial charge in [-0.1, -0.05) is 30.0 Å². The number of thioether (sulfide) groups is 1. The molecule has 1 amide bonds. The Kier molecular flexibility index (Phi) is 6.49. The molecule has 5 aromatic rings. The second-order valence-electron chi connectivity index (χ2n) is 7.31. The second kappa shape index (κ2) is 10.2. The molecule has 5 rings (SSSR count). The number of furan rings is 2. The minimum atomic E-state index is -0.0756. The fourth-order valence-electron chi connectivity index (χ4n) is 3.31. The van der Waals surface area contributed by atoms with Crippen molar-refractivity contribution in [1.29, 1.82) is 0 Å². The summed E-state index contributed by atoms with van der Waals surface area (Å²) in [6.45, 7) is 0. The first-order valence-electron chi connectivity index (χ1n) is 10.7. The number of rotatable bonds is 9. The Morgan fingerprint density at radius 3 is 2.29 bits per heavy atom. The third-order valence-electron chi connectivity index (χ3n) is 4.89. The number of para-hydroxylation sites is 1. The van der Waals surface area contributed by atoms with Crippen LogP contribution in [-0.2, 0) is 4.79 Å². The van der Waals surface area contributed by atoms with Crippen LogP contribution in [0.3, 0.4) is 0 Å². The SMILES string of the molecule is O=C(CCSc1nc(-c2ccco2)c(-c2ccco2)[nH]1)Nc1ccc(Oc2ccccc2)cc1. The molecule has 0 saturated carbocycles. The summed E-state index contributed by atoms with van der Waals surface area (Å²) in [5.41, 5.74) is 2.13. The normalized spacial score (nSPS) is 10.8. The number of imidazole rings is 1. The van der Waals surface area contributed by atoms with Gasteiger partial charge >= 0.3 is 0 Å². The van der Waals surface area contributed by atoms with Gasteiger partial charge in [-0.05, 0) is 60.7 Å². The van der Waals surface area contributed by atoms with Crippen molar-refractivity contribution in [1.82, 2.24) is 9.97 Å². The monoisotopic (exact) mass is 471 g/mol. The van der Waals surface area contributed by atoms with Crippen LogP contribution in [0.15, 0.2) is 105 Å². The highest BCUT2D eigenvalue weighted by Crippen LogP contribution is 2.33. The predicted molar refractivity (Wildman–Crippen MR) is 131 cm³/mol. The highest BCUT2D eigenvalue weighted by atomic mass is 32.2.